The molecule has 0 saturated carbocycles. The van der Waals surface area contributed by atoms with Crippen molar-refractivity contribution in [2.45, 2.75) is 10.9 Å². The quantitative estimate of drug-likeness (QED) is 0.697. The lowest BCUT2D eigenvalue weighted by atomic mass is 10.1. The average molecular weight is 347 g/mol. The maximum absolute atomic E-state index is 6.16. The molecule has 2 rings (SSSR count). The SMILES string of the molecule is CNC(CSc1ccccc1Cl)c1ccc(Cl)c(Cl)c1. The third kappa shape index (κ3) is 4.06. The number of hydrogen-bond donors (Lipinski definition) is 1. The van der Waals surface area contributed by atoms with Crippen LogP contribution in [0.1, 0.15) is 11.6 Å². The Kier molecular flexibility index (Phi) is 6.06. The van der Waals surface area contributed by atoms with Crippen molar-refractivity contribution in [2.75, 3.05) is 12.8 Å². The van der Waals surface area contributed by atoms with Crippen molar-refractivity contribution in [1.29, 1.82) is 0 Å². The van der Waals surface area contributed by atoms with Crippen LogP contribution in [0, 0.1) is 0 Å². The molecule has 1 nitrogen and oxygen atoms in total. The zero-order valence-electron chi connectivity index (χ0n) is 10.9. The Bertz CT molecular complexity index is 589. The van der Waals surface area contributed by atoms with Crippen molar-refractivity contribution in [1.82, 2.24) is 5.32 Å². The lowest BCUT2D eigenvalue weighted by molar-refractivity contribution is 0.662. The normalized spacial score (nSPS) is 12.4. The van der Waals surface area contributed by atoms with Crippen molar-refractivity contribution >= 4 is 46.6 Å². The highest BCUT2D eigenvalue weighted by atomic mass is 35.5. The molecule has 5 heteroatoms. The maximum atomic E-state index is 6.16. The topological polar surface area (TPSA) is 12.0 Å². The van der Waals surface area contributed by atoms with Gasteiger partial charge < -0.3 is 5.32 Å². The van der Waals surface area contributed by atoms with Gasteiger partial charge in [-0.25, -0.2) is 0 Å². The molecule has 20 heavy (non-hydrogen) atoms. The number of rotatable bonds is 5. The minimum Gasteiger partial charge on any atom is -0.312 e. The van der Waals surface area contributed by atoms with Crippen LogP contribution in [0.4, 0.5) is 0 Å². The minimum atomic E-state index is 0.186. The summed E-state index contributed by atoms with van der Waals surface area (Å²) in [7, 11) is 1.93. The van der Waals surface area contributed by atoms with Gasteiger partial charge in [-0.2, -0.15) is 0 Å². The molecule has 2 aromatic rings. The summed E-state index contributed by atoms with van der Waals surface area (Å²) in [5.41, 5.74) is 1.11. The fourth-order valence-electron chi connectivity index (χ4n) is 1.81. The number of hydrogen-bond acceptors (Lipinski definition) is 2. The third-order valence-electron chi connectivity index (χ3n) is 2.94. The molecule has 0 bridgehead atoms. The molecule has 0 spiro atoms. The molecule has 0 fully saturated rings. The Labute approximate surface area is 138 Å². The third-order valence-corrected chi connectivity index (χ3v) is 5.28. The first-order valence-electron chi connectivity index (χ1n) is 6.11. The van der Waals surface area contributed by atoms with Gasteiger partial charge in [0.1, 0.15) is 0 Å². The number of thioether (sulfide) groups is 1. The van der Waals surface area contributed by atoms with E-state index >= 15 is 0 Å². The van der Waals surface area contributed by atoms with E-state index in [1.165, 1.54) is 0 Å². The summed E-state index contributed by atoms with van der Waals surface area (Å²) < 4.78 is 0. The first-order chi connectivity index (χ1) is 9.61. The number of nitrogens with one attached hydrogen (secondary N) is 1. The van der Waals surface area contributed by atoms with Gasteiger partial charge in [0.15, 0.2) is 0 Å². The fourth-order valence-corrected chi connectivity index (χ4v) is 3.50. The van der Waals surface area contributed by atoms with Gasteiger partial charge in [-0.1, -0.05) is 53.0 Å². The molecule has 2 aromatic carbocycles. The molecular weight excluding hydrogens is 333 g/mol. The summed E-state index contributed by atoms with van der Waals surface area (Å²) in [5.74, 6) is 0.859. The predicted molar refractivity (Wildman–Crippen MR) is 90.4 cm³/mol. The van der Waals surface area contributed by atoms with Crippen LogP contribution in [0.5, 0.6) is 0 Å². The monoisotopic (exact) mass is 345 g/mol. The van der Waals surface area contributed by atoms with Gasteiger partial charge in [-0.15, -0.1) is 11.8 Å². The van der Waals surface area contributed by atoms with Crippen LogP contribution in [0.25, 0.3) is 0 Å². The van der Waals surface area contributed by atoms with Crippen molar-refractivity contribution in [2.24, 2.45) is 0 Å². The summed E-state index contributed by atoms with van der Waals surface area (Å²) in [6.07, 6.45) is 0. The largest absolute Gasteiger partial charge is 0.312 e. The van der Waals surface area contributed by atoms with Crippen LogP contribution in [0.3, 0.4) is 0 Å². The molecular formula is C15H14Cl3NS. The van der Waals surface area contributed by atoms with Gasteiger partial charge in [0.2, 0.25) is 0 Å². The van der Waals surface area contributed by atoms with Crippen LogP contribution in [-0.4, -0.2) is 12.8 Å². The standard InChI is InChI=1S/C15H14Cl3NS/c1-19-14(10-6-7-11(16)13(18)8-10)9-20-15-5-3-2-4-12(15)17/h2-8,14,19H,9H2,1H3. The molecule has 0 aliphatic carbocycles. The second kappa shape index (κ2) is 7.58. The smallest absolute Gasteiger partial charge is 0.0595 e. The second-order valence-corrected chi connectivity index (χ2v) is 6.54. The van der Waals surface area contributed by atoms with E-state index < -0.39 is 0 Å². The summed E-state index contributed by atoms with van der Waals surface area (Å²) in [6.45, 7) is 0. The summed E-state index contributed by atoms with van der Waals surface area (Å²) in [4.78, 5) is 1.08. The Morgan fingerprint density at radius 2 is 1.75 bits per heavy atom. The van der Waals surface area contributed by atoms with E-state index in [0.717, 1.165) is 21.2 Å². The maximum Gasteiger partial charge on any atom is 0.0595 e. The van der Waals surface area contributed by atoms with E-state index in [-0.39, 0.29) is 6.04 Å². The number of benzene rings is 2. The second-order valence-electron chi connectivity index (χ2n) is 4.26. The van der Waals surface area contributed by atoms with E-state index in [1.54, 1.807) is 11.8 Å². The van der Waals surface area contributed by atoms with Crippen LogP contribution in [0.15, 0.2) is 47.4 Å². The molecule has 0 amide bonds. The Balaban J connectivity index is 2.09. The van der Waals surface area contributed by atoms with Gasteiger partial charge in [-0.05, 0) is 36.9 Å². The highest BCUT2D eigenvalue weighted by Gasteiger charge is 2.12. The highest BCUT2D eigenvalue weighted by Crippen LogP contribution is 2.31. The Hall–Kier alpha value is -0.380. The van der Waals surface area contributed by atoms with Gasteiger partial charge in [-0.3, -0.25) is 0 Å². The van der Waals surface area contributed by atoms with E-state index in [9.17, 15) is 0 Å². The average Bonchev–Trinajstić information content (AvgIpc) is 2.45. The van der Waals surface area contributed by atoms with Crippen molar-refractivity contribution in [3.05, 3.63) is 63.1 Å². The van der Waals surface area contributed by atoms with Crippen molar-refractivity contribution < 1.29 is 0 Å². The van der Waals surface area contributed by atoms with Gasteiger partial charge in [0.25, 0.3) is 0 Å². The molecule has 0 aromatic heterocycles. The summed E-state index contributed by atoms with van der Waals surface area (Å²) in [6, 6.07) is 13.7. The van der Waals surface area contributed by atoms with E-state index in [2.05, 4.69) is 5.32 Å². The zero-order chi connectivity index (χ0) is 14.5. The van der Waals surface area contributed by atoms with Crippen LogP contribution >= 0.6 is 46.6 Å². The van der Waals surface area contributed by atoms with Gasteiger partial charge in [0, 0.05) is 16.7 Å². The lowest BCUT2D eigenvalue weighted by Crippen LogP contribution is -2.18. The van der Waals surface area contributed by atoms with Crippen LogP contribution in [0.2, 0.25) is 15.1 Å². The molecule has 0 saturated heterocycles. The number of halogens is 3. The van der Waals surface area contributed by atoms with E-state index in [4.69, 9.17) is 34.8 Å². The molecule has 0 aliphatic rings. The first-order valence-corrected chi connectivity index (χ1v) is 8.23. The van der Waals surface area contributed by atoms with Crippen LogP contribution < -0.4 is 5.32 Å². The van der Waals surface area contributed by atoms with Crippen molar-refractivity contribution in [3.63, 3.8) is 0 Å². The van der Waals surface area contributed by atoms with E-state index in [1.807, 2.05) is 49.5 Å². The zero-order valence-corrected chi connectivity index (χ0v) is 14.0. The van der Waals surface area contributed by atoms with Gasteiger partial charge >= 0.3 is 0 Å². The Morgan fingerprint density at radius 3 is 2.40 bits per heavy atom. The van der Waals surface area contributed by atoms with Gasteiger partial charge in [0.05, 0.1) is 15.1 Å². The molecule has 0 heterocycles. The molecule has 1 atom stereocenters. The summed E-state index contributed by atoms with van der Waals surface area (Å²) in [5, 5.41) is 5.22. The molecule has 0 radical (unpaired) electrons. The van der Waals surface area contributed by atoms with Crippen LogP contribution in [-0.2, 0) is 0 Å². The fraction of sp³-hybridized carbons (Fsp3) is 0.200. The first kappa shape index (κ1) is 16.0. The predicted octanol–water partition coefficient (Wildman–Crippen LogP) is 5.70. The molecule has 1 unspecified atom stereocenters. The van der Waals surface area contributed by atoms with E-state index in [0.29, 0.717) is 10.0 Å². The molecule has 0 aliphatic heterocycles. The lowest BCUT2D eigenvalue weighted by Gasteiger charge is -2.17. The minimum absolute atomic E-state index is 0.186. The molecule has 106 valence electrons. The van der Waals surface area contributed by atoms with Crippen molar-refractivity contribution in [3.8, 4) is 0 Å². The Morgan fingerprint density at radius 1 is 1.00 bits per heavy atom. The molecule has 1 N–H and O–H groups in total. The summed E-state index contributed by atoms with van der Waals surface area (Å²) >= 11 is 19.9. The highest BCUT2D eigenvalue weighted by molar-refractivity contribution is 7.99.